The van der Waals surface area contributed by atoms with Gasteiger partial charge in [-0.2, -0.15) is 4.31 Å². The first-order valence-electron chi connectivity index (χ1n) is 6.67. The summed E-state index contributed by atoms with van der Waals surface area (Å²) in [4.78, 5) is -0.0946. The lowest BCUT2D eigenvalue weighted by Crippen LogP contribution is -2.51. The summed E-state index contributed by atoms with van der Waals surface area (Å²) in [5, 5.41) is 0.356. The average molecular weight is 408 g/mol. The van der Waals surface area contributed by atoms with Gasteiger partial charge >= 0.3 is 0 Å². The first-order chi connectivity index (χ1) is 9.75. The van der Waals surface area contributed by atoms with Gasteiger partial charge in [-0.05, 0) is 31.9 Å². The van der Waals surface area contributed by atoms with Crippen molar-refractivity contribution in [2.75, 3.05) is 6.54 Å². The number of piperidine rings is 1. The maximum absolute atomic E-state index is 12.9. The molecule has 9 heteroatoms. The number of benzene rings is 1. The molecule has 1 aliphatic heterocycles. The highest BCUT2D eigenvalue weighted by Gasteiger charge is 2.37. The number of rotatable bonds is 3. The molecule has 0 amide bonds. The molecule has 0 radical (unpaired) electrons. The van der Waals surface area contributed by atoms with Gasteiger partial charge in [0.15, 0.2) is 0 Å². The molecule has 1 aliphatic rings. The molecule has 2 rings (SSSR count). The van der Waals surface area contributed by atoms with E-state index >= 15 is 0 Å². The molecule has 2 N–H and O–H groups in total. The first-order valence-corrected chi connectivity index (χ1v) is 9.24. The fraction of sp³-hybridized carbons (Fsp3) is 0.538. The Morgan fingerprint density at radius 3 is 2.27 bits per heavy atom. The van der Waals surface area contributed by atoms with E-state index in [0.717, 1.165) is 19.3 Å². The van der Waals surface area contributed by atoms with Crippen LogP contribution in [0.2, 0.25) is 15.1 Å². The molecular formula is C13H18Cl4N2O2S. The van der Waals surface area contributed by atoms with Crippen LogP contribution < -0.4 is 5.73 Å². The average Bonchev–Trinajstić information content (AvgIpc) is 2.37. The van der Waals surface area contributed by atoms with Gasteiger partial charge in [-0.3, -0.25) is 0 Å². The maximum Gasteiger partial charge on any atom is 0.246 e. The number of hydrogen-bond acceptors (Lipinski definition) is 3. The Morgan fingerprint density at radius 1 is 1.23 bits per heavy atom. The molecule has 1 aromatic rings. The summed E-state index contributed by atoms with van der Waals surface area (Å²) in [7, 11) is -3.80. The monoisotopic (exact) mass is 406 g/mol. The summed E-state index contributed by atoms with van der Waals surface area (Å²) < 4.78 is 27.2. The Kier molecular flexibility index (Phi) is 7.27. The Morgan fingerprint density at radius 2 is 1.77 bits per heavy atom. The number of nitrogens with two attached hydrogens (primary N) is 1. The van der Waals surface area contributed by atoms with Crippen molar-refractivity contribution >= 4 is 57.2 Å². The van der Waals surface area contributed by atoms with Gasteiger partial charge in [0, 0.05) is 23.7 Å². The summed E-state index contributed by atoms with van der Waals surface area (Å²) >= 11 is 18.0. The van der Waals surface area contributed by atoms with Crippen molar-refractivity contribution in [3.63, 3.8) is 0 Å². The van der Waals surface area contributed by atoms with Gasteiger partial charge in [0.2, 0.25) is 10.0 Å². The van der Waals surface area contributed by atoms with Crippen molar-refractivity contribution < 1.29 is 8.42 Å². The minimum atomic E-state index is -3.80. The van der Waals surface area contributed by atoms with Crippen LogP contribution in [-0.4, -0.2) is 31.4 Å². The second-order valence-corrected chi connectivity index (χ2v) is 8.31. The predicted molar refractivity (Wildman–Crippen MR) is 93.9 cm³/mol. The van der Waals surface area contributed by atoms with Gasteiger partial charge in [0.05, 0.1) is 10.0 Å². The van der Waals surface area contributed by atoms with Crippen LogP contribution in [0.15, 0.2) is 17.0 Å². The predicted octanol–water partition coefficient (Wildman–Crippen LogP) is 3.96. The van der Waals surface area contributed by atoms with Crippen LogP contribution in [0.3, 0.4) is 0 Å². The molecule has 2 atom stereocenters. The molecule has 2 unspecified atom stereocenters. The standard InChI is InChI=1S/C13H17Cl3N2O2S.ClH/c1-8(17)12-4-2-3-5-18(12)21(19,20)13-10(15)6-9(14)7-11(13)16;/h6-8,12H,2-5,17H2,1H3;1H. The minimum absolute atomic E-state index is 0. The van der Waals surface area contributed by atoms with Gasteiger partial charge in [-0.25, -0.2) is 8.42 Å². The number of nitrogens with zero attached hydrogens (tertiary/aromatic N) is 1. The molecule has 0 bridgehead atoms. The summed E-state index contributed by atoms with van der Waals surface area (Å²) in [6.07, 6.45) is 2.49. The van der Waals surface area contributed by atoms with Crippen molar-refractivity contribution in [3.8, 4) is 0 Å². The Hall–Kier alpha value is 0.250. The van der Waals surface area contributed by atoms with Crippen LogP contribution in [0, 0.1) is 0 Å². The highest BCUT2D eigenvalue weighted by atomic mass is 35.5. The third kappa shape index (κ3) is 4.01. The fourth-order valence-electron chi connectivity index (χ4n) is 2.65. The van der Waals surface area contributed by atoms with Crippen molar-refractivity contribution in [1.29, 1.82) is 0 Å². The Bertz CT molecular complexity index is 614. The van der Waals surface area contributed by atoms with E-state index in [0.29, 0.717) is 11.6 Å². The molecule has 0 aliphatic carbocycles. The topological polar surface area (TPSA) is 63.4 Å². The lowest BCUT2D eigenvalue weighted by Gasteiger charge is -2.37. The lowest BCUT2D eigenvalue weighted by molar-refractivity contribution is 0.227. The van der Waals surface area contributed by atoms with E-state index in [1.807, 2.05) is 6.92 Å². The fourth-order valence-corrected chi connectivity index (χ4v) is 5.92. The van der Waals surface area contributed by atoms with E-state index in [4.69, 9.17) is 40.5 Å². The Labute approximate surface area is 152 Å². The van der Waals surface area contributed by atoms with E-state index in [1.54, 1.807) is 0 Å². The van der Waals surface area contributed by atoms with E-state index < -0.39 is 10.0 Å². The summed E-state index contributed by atoms with van der Waals surface area (Å²) in [6, 6.07) is 2.26. The zero-order chi connectivity index (χ0) is 15.8. The van der Waals surface area contributed by atoms with E-state index in [-0.39, 0.29) is 39.4 Å². The van der Waals surface area contributed by atoms with Gasteiger partial charge in [0.25, 0.3) is 0 Å². The number of hydrogen-bond donors (Lipinski definition) is 1. The number of sulfonamides is 1. The van der Waals surface area contributed by atoms with Gasteiger partial charge in [-0.1, -0.05) is 41.2 Å². The maximum atomic E-state index is 12.9. The molecule has 1 heterocycles. The quantitative estimate of drug-likeness (QED) is 0.824. The summed E-state index contributed by atoms with van der Waals surface area (Å²) in [6.45, 7) is 2.23. The van der Waals surface area contributed by atoms with E-state index in [9.17, 15) is 8.42 Å². The normalized spacial score (nSPS) is 21.2. The molecule has 0 saturated carbocycles. The van der Waals surface area contributed by atoms with E-state index in [1.165, 1.54) is 16.4 Å². The van der Waals surface area contributed by atoms with Gasteiger partial charge < -0.3 is 5.73 Å². The zero-order valence-corrected chi connectivity index (χ0v) is 15.8. The molecule has 1 fully saturated rings. The van der Waals surface area contributed by atoms with Crippen LogP contribution in [0.1, 0.15) is 26.2 Å². The van der Waals surface area contributed by atoms with Crippen molar-refractivity contribution in [3.05, 3.63) is 27.2 Å². The van der Waals surface area contributed by atoms with Crippen LogP contribution in [0.25, 0.3) is 0 Å². The lowest BCUT2D eigenvalue weighted by atomic mass is 10.00. The zero-order valence-electron chi connectivity index (χ0n) is 11.9. The highest BCUT2D eigenvalue weighted by Crippen LogP contribution is 2.36. The third-order valence-electron chi connectivity index (χ3n) is 3.63. The molecule has 22 heavy (non-hydrogen) atoms. The molecule has 4 nitrogen and oxygen atoms in total. The van der Waals surface area contributed by atoms with Crippen LogP contribution >= 0.6 is 47.2 Å². The van der Waals surface area contributed by atoms with Crippen LogP contribution in [0.4, 0.5) is 0 Å². The summed E-state index contributed by atoms with van der Waals surface area (Å²) in [5.41, 5.74) is 5.94. The molecule has 1 aromatic carbocycles. The molecule has 0 spiro atoms. The molecule has 126 valence electrons. The molecule has 0 aromatic heterocycles. The number of halogens is 4. The van der Waals surface area contributed by atoms with E-state index in [2.05, 4.69) is 0 Å². The highest BCUT2D eigenvalue weighted by molar-refractivity contribution is 7.89. The minimum Gasteiger partial charge on any atom is -0.326 e. The van der Waals surface area contributed by atoms with Gasteiger partial charge in [0.1, 0.15) is 4.90 Å². The second-order valence-electron chi connectivity index (χ2n) is 5.24. The Balaban J connectivity index is 0.00000242. The molecule has 1 saturated heterocycles. The van der Waals surface area contributed by atoms with Gasteiger partial charge in [-0.15, -0.1) is 12.4 Å². The first kappa shape index (κ1) is 20.3. The third-order valence-corrected chi connectivity index (χ3v) is 6.70. The SMILES string of the molecule is CC(N)C1CCCCN1S(=O)(=O)c1c(Cl)cc(Cl)cc1Cl.Cl. The summed E-state index contributed by atoms with van der Waals surface area (Å²) in [5.74, 6) is 0. The largest absolute Gasteiger partial charge is 0.326 e. The van der Waals surface area contributed by atoms with Crippen molar-refractivity contribution in [2.24, 2.45) is 5.73 Å². The van der Waals surface area contributed by atoms with Crippen molar-refractivity contribution in [1.82, 2.24) is 4.31 Å². The van der Waals surface area contributed by atoms with Crippen LogP contribution in [0.5, 0.6) is 0 Å². The second kappa shape index (κ2) is 7.88. The van der Waals surface area contributed by atoms with Crippen molar-refractivity contribution in [2.45, 2.75) is 43.2 Å². The smallest absolute Gasteiger partial charge is 0.246 e. The molecular weight excluding hydrogens is 390 g/mol. The van der Waals surface area contributed by atoms with Crippen LogP contribution in [-0.2, 0) is 10.0 Å².